The molecule has 0 atom stereocenters. The summed E-state index contributed by atoms with van der Waals surface area (Å²) in [5.41, 5.74) is 6.84. The zero-order valence-corrected chi connectivity index (χ0v) is 17.4. The number of aryl methyl sites for hydroxylation is 1. The van der Waals surface area contributed by atoms with Crippen LogP contribution in [0.2, 0.25) is 0 Å². The maximum absolute atomic E-state index is 11.9. The third-order valence-corrected chi connectivity index (χ3v) is 4.56. The predicted octanol–water partition coefficient (Wildman–Crippen LogP) is 4.46. The molecule has 0 saturated heterocycles. The molecule has 0 bridgehead atoms. The van der Waals surface area contributed by atoms with Crippen molar-refractivity contribution in [3.05, 3.63) is 59.2 Å². The van der Waals surface area contributed by atoms with Crippen LogP contribution in [0.1, 0.15) is 43.4 Å². The molecule has 0 aliphatic rings. The second kappa shape index (κ2) is 11.1. The zero-order chi connectivity index (χ0) is 20.4. The summed E-state index contributed by atoms with van der Waals surface area (Å²) in [4.78, 5) is 14.3. The van der Waals surface area contributed by atoms with Crippen molar-refractivity contribution < 1.29 is 9.53 Å². The van der Waals surface area contributed by atoms with Crippen LogP contribution in [0.3, 0.4) is 0 Å². The number of carbonyl (C=O) groups is 1. The van der Waals surface area contributed by atoms with Crippen molar-refractivity contribution in [2.45, 2.75) is 40.5 Å². The Hall–Kier alpha value is -2.82. The number of rotatable bonds is 10. The Morgan fingerprint density at radius 3 is 2.39 bits per heavy atom. The van der Waals surface area contributed by atoms with Crippen LogP contribution < -0.4 is 15.1 Å². The molecule has 0 aromatic heterocycles. The van der Waals surface area contributed by atoms with Crippen LogP contribution in [-0.2, 0) is 4.79 Å². The fraction of sp³-hybridized carbons (Fsp3) is 0.391. The van der Waals surface area contributed by atoms with E-state index in [1.807, 2.05) is 44.2 Å². The van der Waals surface area contributed by atoms with Gasteiger partial charge in [0.25, 0.3) is 5.91 Å². The summed E-state index contributed by atoms with van der Waals surface area (Å²) in [5, 5.41) is 4.02. The molecule has 0 unspecified atom stereocenters. The molecule has 2 rings (SSSR count). The zero-order valence-electron chi connectivity index (χ0n) is 17.4. The number of anilines is 1. The summed E-state index contributed by atoms with van der Waals surface area (Å²) in [5.74, 6) is 0.435. The fourth-order valence-electron chi connectivity index (χ4n) is 2.92. The molecule has 2 aromatic rings. The van der Waals surface area contributed by atoms with Gasteiger partial charge in [-0.05, 0) is 61.6 Å². The molecule has 0 spiro atoms. The average molecular weight is 382 g/mol. The number of hydrogen-bond acceptors (Lipinski definition) is 4. The highest BCUT2D eigenvalue weighted by Crippen LogP contribution is 2.20. The van der Waals surface area contributed by atoms with Gasteiger partial charge in [-0.1, -0.05) is 38.1 Å². The first-order valence-electron chi connectivity index (χ1n) is 9.91. The van der Waals surface area contributed by atoms with Gasteiger partial charge in [0.2, 0.25) is 0 Å². The monoisotopic (exact) mass is 381 g/mol. The number of nitrogens with zero attached hydrogens (tertiary/aromatic N) is 2. The molecule has 0 fully saturated rings. The first kappa shape index (κ1) is 21.5. The van der Waals surface area contributed by atoms with E-state index in [2.05, 4.69) is 41.4 Å². The Morgan fingerprint density at radius 2 is 1.75 bits per heavy atom. The van der Waals surface area contributed by atoms with Gasteiger partial charge < -0.3 is 9.64 Å². The SMILES string of the molecule is CCCN(CCC)c1ccc(C=NNC(=O)COc2cccc(C)c2C)cc1. The van der Waals surface area contributed by atoms with E-state index in [4.69, 9.17) is 4.74 Å². The van der Waals surface area contributed by atoms with Crippen molar-refractivity contribution in [3.8, 4) is 5.75 Å². The van der Waals surface area contributed by atoms with E-state index in [0.29, 0.717) is 0 Å². The normalized spacial score (nSPS) is 10.9. The second-order valence-electron chi connectivity index (χ2n) is 6.86. The molecule has 150 valence electrons. The maximum Gasteiger partial charge on any atom is 0.277 e. The van der Waals surface area contributed by atoms with Gasteiger partial charge in [0.05, 0.1) is 6.21 Å². The molecular formula is C23H31N3O2. The van der Waals surface area contributed by atoms with Crippen LogP contribution in [0.5, 0.6) is 5.75 Å². The molecule has 1 amide bonds. The van der Waals surface area contributed by atoms with Gasteiger partial charge in [-0.3, -0.25) is 4.79 Å². The van der Waals surface area contributed by atoms with Crippen LogP contribution >= 0.6 is 0 Å². The molecule has 5 heteroatoms. The molecule has 0 heterocycles. The Kier molecular flexibility index (Phi) is 8.53. The van der Waals surface area contributed by atoms with Gasteiger partial charge in [-0.25, -0.2) is 5.43 Å². The van der Waals surface area contributed by atoms with Crippen molar-refractivity contribution in [3.63, 3.8) is 0 Å². The van der Waals surface area contributed by atoms with Crippen LogP contribution in [0.25, 0.3) is 0 Å². The lowest BCUT2D eigenvalue weighted by molar-refractivity contribution is -0.123. The van der Waals surface area contributed by atoms with E-state index in [9.17, 15) is 4.79 Å². The van der Waals surface area contributed by atoms with E-state index in [1.54, 1.807) is 6.21 Å². The molecule has 0 saturated carbocycles. The number of nitrogens with one attached hydrogen (secondary N) is 1. The molecule has 0 radical (unpaired) electrons. The van der Waals surface area contributed by atoms with Crippen LogP contribution in [0, 0.1) is 13.8 Å². The molecular weight excluding hydrogens is 350 g/mol. The van der Waals surface area contributed by atoms with Gasteiger partial charge in [0, 0.05) is 18.8 Å². The molecule has 0 aliphatic carbocycles. The van der Waals surface area contributed by atoms with Gasteiger partial charge in [-0.15, -0.1) is 0 Å². The molecule has 1 N–H and O–H groups in total. The maximum atomic E-state index is 11.9. The summed E-state index contributed by atoms with van der Waals surface area (Å²) >= 11 is 0. The van der Waals surface area contributed by atoms with Gasteiger partial charge in [-0.2, -0.15) is 5.10 Å². The number of carbonyl (C=O) groups excluding carboxylic acids is 1. The van der Waals surface area contributed by atoms with E-state index >= 15 is 0 Å². The van der Waals surface area contributed by atoms with E-state index in [-0.39, 0.29) is 12.5 Å². The summed E-state index contributed by atoms with van der Waals surface area (Å²) in [6, 6.07) is 14.0. The minimum absolute atomic E-state index is 0.0659. The summed E-state index contributed by atoms with van der Waals surface area (Å²) in [6.45, 7) is 10.4. The quantitative estimate of drug-likeness (QED) is 0.488. The van der Waals surface area contributed by atoms with Crippen molar-refractivity contribution in [2.24, 2.45) is 5.10 Å². The van der Waals surface area contributed by atoms with Crippen LogP contribution in [-0.4, -0.2) is 31.8 Å². The number of amides is 1. The van der Waals surface area contributed by atoms with E-state index in [0.717, 1.165) is 48.4 Å². The minimum atomic E-state index is -0.286. The lowest BCUT2D eigenvalue weighted by atomic mass is 10.1. The predicted molar refractivity (Wildman–Crippen MR) is 116 cm³/mol. The van der Waals surface area contributed by atoms with Crippen molar-refractivity contribution in [2.75, 3.05) is 24.6 Å². The number of benzene rings is 2. The highest BCUT2D eigenvalue weighted by molar-refractivity contribution is 5.83. The van der Waals surface area contributed by atoms with Crippen LogP contribution in [0.4, 0.5) is 5.69 Å². The van der Waals surface area contributed by atoms with Gasteiger partial charge in [0.15, 0.2) is 6.61 Å². The van der Waals surface area contributed by atoms with Crippen molar-refractivity contribution in [1.82, 2.24) is 5.43 Å². The number of hydrazone groups is 1. The first-order chi connectivity index (χ1) is 13.5. The summed E-state index contributed by atoms with van der Waals surface area (Å²) < 4.78 is 5.58. The highest BCUT2D eigenvalue weighted by Gasteiger charge is 2.06. The summed E-state index contributed by atoms with van der Waals surface area (Å²) in [6.07, 6.45) is 3.89. The Morgan fingerprint density at radius 1 is 1.07 bits per heavy atom. The third kappa shape index (κ3) is 6.41. The van der Waals surface area contributed by atoms with Gasteiger partial charge >= 0.3 is 0 Å². The fourth-order valence-corrected chi connectivity index (χ4v) is 2.92. The summed E-state index contributed by atoms with van der Waals surface area (Å²) in [7, 11) is 0. The minimum Gasteiger partial charge on any atom is -0.483 e. The van der Waals surface area contributed by atoms with Crippen molar-refractivity contribution in [1.29, 1.82) is 0 Å². The van der Waals surface area contributed by atoms with Gasteiger partial charge in [0.1, 0.15) is 5.75 Å². The largest absolute Gasteiger partial charge is 0.483 e. The number of hydrogen-bond donors (Lipinski definition) is 1. The number of ether oxygens (including phenoxy) is 1. The lowest BCUT2D eigenvalue weighted by Crippen LogP contribution is -2.25. The standard InChI is InChI=1S/C23H31N3O2/c1-5-14-26(15-6-2)21-12-10-20(11-13-21)16-24-25-23(27)17-28-22-9-7-8-18(3)19(22)4/h7-13,16H,5-6,14-15,17H2,1-4H3,(H,25,27). The van der Waals surface area contributed by atoms with E-state index < -0.39 is 0 Å². The molecule has 0 aliphatic heterocycles. The molecule has 5 nitrogen and oxygen atoms in total. The first-order valence-corrected chi connectivity index (χ1v) is 9.91. The average Bonchev–Trinajstić information content (AvgIpc) is 2.69. The van der Waals surface area contributed by atoms with Crippen molar-refractivity contribution >= 4 is 17.8 Å². The Labute approximate surface area is 168 Å². The highest BCUT2D eigenvalue weighted by atomic mass is 16.5. The smallest absolute Gasteiger partial charge is 0.277 e. The topological polar surface area (TPSA) is 53.9 Å². The second-order valence-corrected chi connectivity index (χ2v) is 6.86. The van der Waals surface area contributed by atoms with Crippen LogP contribution in [0.15, 0.2) is 47.6 Å². The molecule has 28 heavy (non-hydrogen) atoms. The Bertz CT molecular complexity index is 779. The third-order valence-electron chi connectivity index (χ3n) is 4.56. The Balaban J connectivity index is 1.84. The molecule has 2 aromatic carbocycles. The lowest BCUT2D eigenvalue weighted by Gasteiger charge is -2.23. The van der Waals surface area contributed by atoms with E-state index in [1.165, 1.54) is 5.69 Å².